The zero-order valence-electron chi connectivity index (χ0n) is 12.7. The molecule has 0 saturated heterocycles. The Morgan fingerprint density at radius 1 is 1.13 bits per heavy atom. The summed E-state index contributed by atoms with van der Waals surface area (Å²) in [5.41, 5.74) is 6.55. The lowest BCUT2D eigenvalue weighted by Gasteiger charge is -2.10. The SMILES string of the molecule is CC(N)Oc1ccc(CCNS(=O)(=O)c2ccc(Cl)cc2)cc1. The molecular formula is C16H19ClN2O3S. The highest BCUT2D eigenvalue weighted by Gasteiger charge is 2.12. The van der Waals surface area contributed by atoms with Crippen molar-refractivity contribution in [3.63, 3.8) is 0 Å². The van der Waals surface area contributed by atoms with Crippen molar-refractivity contribution >= 4 is 21.6 Å². The summed E-state index contributed by atoms with van der Waals surface area (Å²) in [4.78, 5) is 0.197. The van der Waals surface area contributed by atoms with Crippen molar-refractivity contribution < 1.29 is 13.2 Å². The summed E-state index contributed by atoms with van der Waals surface area (Å²) in [6.07, 6.45) is 0.206. The van der Waals surface area contributed by atoms with Gasteiger partial charge in [-0.1, -0.05) is 23.7 Å². The number of rotatable bonds is 7. The molecular weight excluding hydrogens is 336 g/mol. The normalized spacial score (nSPS) is 12.8. The lowest BCUT2D eigenvalue weighted by atomic mass is 10.1. The molecule has 0 amide bonds. The molecule has 124 valence electrons. The van der Waals surface area contributed by atoms with Gasteiger partial charge < -0.3 is 4.74 Å². The van der Waals surface area contributed by atoms with E-state index in [1.54, 1.807) is 19.1 Å². The van der Waals surface area contributed by atoms with Crippen molar-refractivity contribution in [3.8, 4) is 5.75 Å². The van der Waals surface area contributed by atoms with Gasteiger partial charge in [0.15, 0.2) is 0 Å². The maximum absolute atomic E-state index is 12.1. The predicted molar refractivity (Wildman–Crippen MR) is 91.1 cm³/mol. The Morgan fingerprint density at radius 3 is 2.30 bits per heavy atom. The van der Waals surface area contributed by atoms with Crippen LogP contribution in [0.15, 0.2) is 53.4 Å². The number of sulfonamides is 1. The van der Waals surface area contributed by atoms with Gasteiger partial charge in [0, 0.05) is 11.6 Å². The van der Waals surface area contributed by atoms with Crippen LogP contribution in [0.3, 0.4) is 0 Å². The first kappa shape index (κ1) is 17.7. The van der Waals surface area contributed by atoms with Gasteiger partial charge in [-0.25, -0.2) is 13.1 Å². The van der Waals surface area contributed by atoms with Crippen LogP contribution in [0.1, 0.15) is 12.5 Å². The molecule has 0 bridgehead atoms. The number of nitrogens with one attached hydrogen (secondary N) is 1. The molecule has 3 N–H and O–H groups in total. The number of ether oxygens (including phenoxy) is 1. The van der Waals surface area contributed by atoms with Crippen molar-refractivity contribution in [3.05, 3.63) is 59.1 Å². The van der Waals surface area contributed by atoms with Crippen LogP contribution in [0.5, 0.6) is 5.75 Å². The smallest absolute Gasteiger partial charge is 0.240 e. The Balaban J connectivity index is 1.90. The van der Waals surface area contributed by atoms with Gasteiger partial charge in [0.05, 0.1) is 4.90 Å². The van der Waals surface area contributed by atoms with Gasteiger partial charge in [-0.15, -0.1) is 0 Å². The van der Waals surface area contributed by atoms with Gasteiger partial charge in [0.1, 0.15) is 12.0 Å². The van der Waals surface area contributed by atoms with Crippen LogP contribution in [-0.2, 0) is 16.4 Å². The third-order valence-electron chi connectivity index (χ3n) is 3.08. The molecule has 0 spiro atoms. The molecule has 0 fully saturated rings. The fraction of sp³-hybridized carbons (Fsp3) is 0.250. The molecule has 2 aromatic carbocycles. The summed E-state index contributed by atoms with van der Waals surface area (Å²) < 4.78 is 32.2. The molecule has 2 aromatic rings. The van der Waals surface area contributed by atoms with E-state index in [1.807, 2.05) is 24.3 Å². The first-order valence-electron chi connectivity index (χ1n) is 7.13. The average molecular weight is 355 g/mol. The number of halogens is 1. The Labute approximate surface area is 141 Å². The Hall–Kier alpha value is -1.60. The van der Waals surface area contributed by atoms with E-state index in [2.05, 4.69) is 4.72 Å². The third-order valence-corrected chi connectivity index (χ3v) is 4.80. The third kappa shape index (κ3) is 5.51. The first-order chi connectivity index (χ1) is 10.9. The van der Waals surface area contributed by atoms with Crippen LogP contribution in [0, 0.1) is 0 Å². The zero-order chi connectivity index (χ0) is 16.9. The van der Waals surface area contributed by atoms with Crippen molar-refractivity contribution in [1.82, 2.24) is 4.72 Å². The second-order valence-electron chi connectivity index (χ2n) is 5.07. The minimum atomic E-state index is -3.52. The number of hydrogen-bond acceptors (Lipinski definition) is 4. The molecule has 7 heteroatoms. The fourth-order valence-corrected chi connectivity index (χ4v) is 3.13. The summed E-state index contributed by atoms with van der Waals surface area (Å²) in [5, 5.41) is 0.498. The molecule has 0 aliphatic carbocycles. The quantitative estimate of drug-likeness (QED) is 0.749. The van der Waals surface area contributed by atoms with Crippen molar-refractivity contribution in [1.29, 1.82) is 0 Å². The van der Waals surface area contributed by atoms with Crippen LogP contribution in [0.2, 0.25) is 5.02 Å². The molecule has 0 aromatic heterocycles. The van der Waals surface area contributed by atoms with Gasteiger partial charge in [-0.2, -0.15) is 0 Å². The highest BCUT2D eigenvalue weighted by Crippen LogP contribution is 2.15. The van der Waals surface area contributed by atoms with E-state index in [-0.39, 0.29) is 11.1 Å². The van der Waals surface area contributed by atoms with Crippen LogP contribution < -0.4 is 15.2 Å². The van der Waals surface area contributed by atoms with Crippen LogP contribution in [-0.4, -0.2) is 21.2 Å². The second kappa shape index (κ2) is 7.79. The van der Waals surface area contributed by atoms with E-state index in [9.17, 15) is 8.42 Å². The van der Waals surface area contributed by atoms with Gasteiger partial charge in [0.25, 0.3) is 0 Å². The average Bonchev–Trinajstić information content (AvgIpc) is 2.49. The standard InChI is InChI=1S/C16H19ClN2O3S/c1-12(18)22-15-6-2-13(3-7-15)10-11-19-23(20,21)16-8-4-14(17)5-9-16/h2-9,12,19H,10-11,18H2,1H3. The van der Waals surface area contributed by atoms with Crippen LogP contribution in [0.25, 0.3) is 0 Å². The largest absolute Gasteiger partial charge is 0.476 e. The zero-order valence-corrected chi connectivity index (χ0v) is 14.3. The molecule has 1 atom stereocenters. The van der Waals surface area contributed by atoms with Gasteiger partial charge in [0.2, 0.25) is 10.0 Å². The monoisotopic (exact) mass is 354 g/mol. The summed E-state index contributed by atoms with van der Waals surface area (Å²) in [6.45, 7) is 2.05. The lowest BCUT2D eigenvalue weighted by molar-refractivity contribution is 0.230. The highest BCUT2D eigenvalue weighted by molar-refractivity contribution is 7.89. The van der Waals surface area contributed by atoms with E-state index in [0.29, 0.717) is 23.7 Å². The summed E-state index contributed by atoms with van der Waals surface area (Å²) in [7, 11) is -3.52. The second-order valence-corrected chi connectivity index (χ2v) is 7.27. The minimum Gasteiger partial charge on any atom is -0.476 e. The predicted octanol–water partition coefficient (Wildman–Crippen LogP) is 2.54. The van der Waals surface area contributed by atoms with E-state index < -0.39 is 10.0 Å². The first-order valence-corrected chi connectivity index (χ1v) is 8.99. The van der Waals surface area contributed by atoms with Crippen molar-refractivity contribution in [2.45, 2.75) is 24.5 Å². The van der Waals surface area contributed by atoms with Crippen LogP contribution in [0.4, 0.5) is 0 Å². The van der Waals surface area contributed by atoms with Crippen molar-refractivity contribution in [2.24, 2.45) is 5.73 Å². The highest BCUT2D eigenvalue weighted by atomic mass is 35.5. The maximum atomic E-state index is 12.1. The number of benzene rings is 2. The molecule has 0 saturated carbocycles. The number of nitrogens with two attached hydrogens (primary N) is 1. The summed E-state index contributed by atoms with van der Waals surface area (Å²) in [5.74, 6) is 0.686. The Bertz CT molecular complexity index is 729. The van der Waals surface area contributed by atoms with Gasteiger partial charge >= 0.3 is 0 Å². The molecule has 2 rings (SSSR count). The molecule has 1 unspecified atom stereocenters. The number of hydrogen-bond donors (Lipinski definition) is 2. The molecule has 23 heavy (non-hydrogen) atoms. The topological polar surface area (TPSA) is 81.4 Å². The summed E-state index contributed by atoms with van der Waals surface area (Å²) in [6, 6.07) is 13.4. The van der Waals surface area contributed by atoms with Gasteiger partial charge in [-0.05, 0) is 55.3 Å². The maximum Gasteiger partial charge on any atom is 0.240 e. The van der Waals surface area contributed by atoms with Crippen molar-refractivity contribution in [2.75, 3.05) is 6.54 Å². The van der Waals surface area contributed by atoms with E-state index in [1.165, 1.54) is 12.1 Å². The molecule has 5 nitrogen and oxygen atoms in total. The minimum absolute atomic E-state index is 0.197. The van der Waals surface area contributed by atoms with Gasteiger partial charge in [-0.3, -0.25) is 5.73 Å². The lowest BCUT2D eigenvalue weighted by Crippen LogP contribution is -2.26. The fourth-order valence-electron chi connectivity index (χ4n) is 1.98. The molecule has 0 radical (unpaired) electrons. The Morgan fingerprint density at radius 2 is 1.74 bits per heavy atom. The summed E-state index contributed by atoms with van der Waals surface area (Å²) >= 11 is 5.76. The van der Waals surface area contributed by atoms with E-state index in [4.69, 9.17) is 22.1 Å². The molecule has 0 aliphatic heterocycles. The molecule has 0 aliphatic rings. The molecule has 0 heterocycles. The van der Waals surface area contributed by atoms with E-state index in [0.717, 1.165) is 5.56 Å². The van der Waals surface area contributed by atoms with Crippen LogP contribution >= 0.6 is 11.6 Å². The van der Waals surface area contributed by atoms with E-state index >= 15 is 0 Å². The Kier molecular flexibility index (Phi) is 6.01.